The Labute approximate surface area is 138 Å². The van der Waals surface area contributed by atoms with E-state index in [1.165, 1.54) is 0 Å². The molecular weight excluding hydrogens is 288 g/mol. The van der Waals surface area contributed by atoms with Crippen molar-refractivity contribution in [1.29, 1.82) is 0 Å². The van der Waals surface area contributed by atoms with Crippen LogP contribution in [-0.2, 0) is 0 Å². The number of hydrazone groups is 1. The van der Waals surface area contributed by atoms with Gasteiger partial charge in [-0.25, -0.2) is 15.0 Å². The van der Waals surface area contributed by atoms with Gasteiger partial charge in [-0.05, 0) is 26.3 Å². The highest BCUT2D eigenvalue weighted by Crippen LogP contribution is 2.09. The van der Waals surface area contributed by atoms with Crippen LogP contribution in [0.2, 0.25) is 0 Å². The summed E-state index contributed by atoms with van der Waals surface area (Å²) >= 11 is 0. The highest BCUT2D eigenvalue weighted by molar-refractivity contribution is 5.84. The van der Waals surface area contributed by atoms with E-state index in [-0.39, 0.29) is 0 Å². The number of nitrogens with zero attached hydrogens (tertiary/aromatic N) is 6. The third-order valence-corrected chi connectivity index (χ3v) is 2.89. The minimum absolute atomic E-state index is 0.764. The molecule has 2 aromatic rings. The van der Waals surface area contributed by atoms with Crippen molar-refractivity contribution in [2.45, 2.75) is 40.5 Å². The van der Waals surface area contributed by atoms with Gasteiger partial charge in [-0.3, -0.25) is 9.39 Å². The lowest BCUT2D eigenvalue weighted by Gasteiger charge is -2.19. The van der Waals surface area contributed by atoms with Crippen molar-refractivity contribution < 1.29 is 0 Å². The van der Waals surface area contributed by atoms with Gasteiger partial charge in [0.15, 0.2) is 0 Å². The van der Waals surface area contributed by atoms with E-state index in [4.69, 9.17) is 0 Å². The number of rotatable bonds is 2. The molecule has 0 unspecified atom stereocenters. The average Bonchev–Trinajstić information content (AvgIpc) is 2.98. The Morgan fingerprint density at radius 3 is 2.78 bits per heavy atom. The normalized spacial score (nSPS) is 14.8. The monoisotopic (exact) mass is 314 g/mol. The number of allylic oxidation sites excluding steroid dienone is 1. The van der Waals surface area contributed by atoms with Crippen molar-refractivity contribution in [2.75, 3.05) is 6.54 Å². The Bertz CT molecular complexity index is 623. The number of fused-ring (bicyclic) bond motifs is 1. The zero-order valence-electron chi connectivity index (χ0n) is 14.5. The summed E-state index contributed by atoms with van der Waals surface area (Å²) in [7, 11) is 0. The van der Waals surface area contributed by atoms with Crippen molar-refractivity contribution in [1.82, 2.24) is 19.4 Å². The molecule has 0 N–H and O–H groups in total. The molecule has 2 aromatic heterocycles. The summed E-state index contributed by atoms with van der Waals surface area (Å²) in [5.74, 6) is 1.78. The van der Waals surface area contributed by atoms with E-state index >= 15 is 0 Å². The topological polar surface area (TPSA) is 58.2 Å². The molecule has 0 fully saturated rings. The molecule has 6 heteroatoms. The van der Waals surface area contributed by atoms with E-state index in [2.05, 4.69) is 32.9 Å². The molecule has 23 heavy (non-hydrogen) atoms. The summed E-state index contributed by atoms with van der Waals surface area (Å²) in [6, 6.07) is 1.88. The Kier molecular flexibility index (Phi) is 8.28. The SMILES string of the molecule is C=NN1C=CCCC1=NCC.CC.Cc1cn2cccnc2n1. The van der Waals surface area contributed by atoms with Crippen molar-refractivity contribution >= 4 is 18.3 Å². The van der Waals surface area contributed by atoms with Crippen LogP contribution in [0, 0.1) is 6.92 Å². The zero-order chi connectivity index (χ0) is 17.1. The third kappa shape index (κ3) is 5.65. The predicted octanol–water partition coefficient (Wildman–Crippen LogP) is 3.69. The number of aliphatic imine (C=N–C) groups is 1. The molecule has 0 atom stereocenters. The molecular formula is C17H26N6. The van der Waals surface area contributed by atoms with Gasteiger partial charge in [0.1, 0.15) is 5.84 Å². The van der Waals surface area contributed by atoms with Gasteiger partial charge >= 0.3 is 0 Å². The predicted molar refractivity (Wildman–Crippen MR) is 96.8 cm³/mol. The zero-order valence-corrected chi connectivity index (χ0v) is 14.5. The van der Waals surface area contributed by atoms with E-state index in [1.807, 2.05) is 56.8 Å². The molecule has 3 rings (SSSR count). The van der Waals surface area contributed by atoms with Crippen LogP contribution in [0.25, 0.3) is 5.78 Å². The number of amidine groups is 1. The van der Waals surface area contributed by atoms with Gasteiger partial charge in [0.2, 0.25) is 5.78 Å². The summed E-state index contributed by atoms with van der Waals surface area (Å²) in [6.07, 6.45) is 11.6. The molecule has 124 valence electrons. The van der Waals surface area contributed by atoms with Gasteiger partial charge in [0.05, 0.1) is 5.69 Å². The number of aromatic nitrogens is 3. The van der Waals surface area contributed by atoms with E-state index < -0.39 is 0 Å². The van der Waals surface area contributed by atoms with Crippen LogP contribution in [0.5, 0.6) is 0 Å². The minimum atomic E-state index is 0.764. The van der Waals surface area contributed by atoms with E-state index in [0.29, 0.717) is 0 Å². The summed E-state index contributed by atoms with van der Waals surface area (Å²) in [4.78, 5) is 12.5. The van der Waals surface area contributed by atoms with Gasteiger partial charge in [-0.1, -0.05) is 19.9 Å². The van der Waals surface area contributed by atoms with Crippen molar-refractivity contribution in [2.24, 2.45) is 10.1 Å². The summed E-state index contributed by atoms with van der Waals surface area (Å²) < 4.78 is 1.90. The standard InChI is InChI=1S/C8H13N3.C7H7N3.C2H6/c1-3-10-8-6-4-5-7-11(8)9-2;1-6-5-10-4-2-3-8-7(10)9-6;1-2/h5,7H,2-4,6H2,1H3;2-5H,1H3;1-2H3. The highest BCUT2D eigenvalue weighted by Gasteiger charge is 2.08. The second-order valence-corrected chi connectivity index (χ2v) is 4.51. The number of hydrogen-bond donors (Lipinski definition) is 0. The first-order valence-electron chi connectivity index (χ1n) is 7.96. The van der Waals surface area contributed by atoms with Crippen LogP contribution in [0.4, 0.5) is 0 Å². The highest BCUT2D eigenvalue weighted by atomic mass is 15.5. The molecule has 0 bridgehead atoms. The fourth-order valence-corrected chi connectivity index (χ4v) is 2.00. The average molecular weight is 314 g/mol. The van der Waals surface area contributed by atoms with E-state index in [0.717, 1.165) is 36.7 Å². The largest absolute Gasteiger partial charge is 0.291 e. The maximum atomic E-state index is 4.29. The van der Waals surface area contributed by atoms with Crippen LogP contribution in [0.1, 0.15) is 39.3 Å². The summed E-state index contributed by atoms with van der Waals surface area (Å²) in [6.45, 7) is 12.2. The molecule has 1 aliphatic rings. The van der Waals surface area contributed by atoms with Gasteiger partial charge < -0.3 is 0 Å². The van der Waals surface area contributed by atoms with E-state index in [1.54, 1.807) is 11.2 Å². The smallest absolute Gasteiger partial charge is 0.233 e. The lowest BCUT2D eigenvalue weighted by Crippen LogP contribution is -2.22. The van der Waals surface area contributed by atoms with Gasteiger partial charge in [-0.15, -0.1) is 0 Å². The molecule has 1 aliphatic heterocycles. The fourth-order valence-electron chi connectivity index (χ4n) is 2.00. The van der Waals surface area contributed by atoms with Crippen LogP contribution in [-0.4, -0.2) is 38.5 Å². The molecule has 0 amide bonds. The molecule has 0 aromatic carbocycles. The van der Waals surface area contributed by atoms with Crippen molar-refractivity contribution in [3.05, 3.63) is 42.6 Å². The molecule has 0 radical (unpaired) electrons. The molecule has 6 nitrogen and oxygen atoms in total. The lowest BCUT2D eigenvalue weighted by molar-refractivity contribution is 0.569. The van der Waals surface area contributed by atoms with Crippen LogP contribution >= 0.6 is 0 Å². The van der Waals surface area contributed by atoms with Crippen LogP contribution in [0.3, 0.4) is 0 Å². The van der Waals surface area contributed by atoms with Gasteiger partial charge in [-0.2, -0.15) is 5.10 Å². The third-order valence-electron chi connectivity index (χ3n) is 2.89. The van der Waals surface area contributed by atoms with Crippen LogP contribution in [0.15, 0.2) is 47.0 Å². The number of hydrogen-bond acceptors (Lipinski definition) is 4. The van der Waals surface area contributed by atoms with Crippen molar-refractivity contribution in [3.8, 4) is 0 Å². The summed E-state index contributed by atoms with van der Waals surface area (Å²) in [5, 5.41) is 5.54. The Morgan fingerprint density at radius 1 is 1.35 bits per heavy atom. The van der Waals surface area contributed by atoms with Crippen molar-refractivity contribution in [3.63, 3.8) is 0 Å². The van der Waals surface area contributed by atoms with Gasteiger partial charge in [0, 0.05) is 44.5 Å². The Morgan fingerprint density at radius 2 is 2.13 bits per heavy atom. The molecule has 0 saturated carbocycles. The number of imidazole rings is 1. The minimum Gasteiger partial charge on any atom is -0.291 e. The summed E-state index contributed by atoms with van der Waals surface area (Å²) in [5.41, 5.74) is 0.999. The van der Waals surface area contributed by atoms with Gasteiger partial charge in [0.25, 0.3) is 0 Å². The Balaban J connectivity index is 0.000000208. The molecule has 3 heterocycles. The first-order chi connectivity index (χ1) is 11.2. The van der Waals surface area contributed by atoms with Crippen LogP contribution < -0.4 is 0 Å². The molecule has 0 saturated heterocycles. The second kappa shape index (κ2) is 10.3. The second-order valence-electron chi connectivity index (χ2n) is 4.51. The molecule has 0 aliphatic carbocycles. The molecule has 0 spiro atoms. The maximum absolute atomic E-state index is 4.29. The quantitative estimate of drug-likeness (QED) is 0.794. The maximum Gasteiger partial charge on any atom is 0.233 e. The number of aryl methyl sites for hydroxylation is 1. The lowest BCUT2D eigenvalue weighted by atomic mass is 10.2. The first-order valence-corrected chi connectivity index (χ1v) is 7.96. The Hall–Kier alpha value is -2.50. The first kappa shape index (κ1) is 18.5. The fraction of sp³-hybridized carbons (Fsp3) is 0.412. The van der Waals surface area contributed by atoms with E-state index in [9.17, 15) is 0 Å².